The molecule has 19 heavy (non-hydrogen) atoms. The van der Waals surface area contributed by atoms with Crippen LogP contribution in [-0.2, 0) is 4.79 Å². The van der Waals surface area contributed by atoms with Crippen molar-refractivity contribution in [3.63, 3.8) is 0 Å². The molecule has 94 valence electrons. The number of nitrogens with one attached hydrogen (secondary N) is 1. The normalized spacial score (nSPS) is 9.89. The molecule has 0 saturated heterocycles. The molecular weight excluding hydrogens is 238 g/mol. The van der Waals surface area contributed by atoms with E-state index in [4.69, 9.17) is 4.42 Å². The van der Waals surface area contributed by atoms with Crippen molar-refractivity contribution in [2.75, 3.05) is 6.54 Å². The molecule has 2 rings (SSSR count). The summed E-state index contributed by atoms with van der Waals surface area (Å²) in [5, 5.41) is 2.67. The van der Waals surface area contributed by atoms with Crippen LogP contribution in [0.15, 0.2) is 59.2 Å². The predicted molar refractivity (Wildman–Crippen MR) is 74.1 cm³/mol. The fourth-order valence-electron chi connectivity index (χ4n) is 1.40. The van der Waals surface area contributed by atoms with E-state index in [0.29, 0.717) is 12.3 Å². The van der Waals surface area contributed by atoms with Crippen molar-refractivity contribution in [3.8, 4) is 11.8 Å². The molecule has 1 amide bonds. The first-order valence-corrected chi connectivity index (χ1v) is 5.88. The number of furan rings is 1. The Morgan fingerprint density at radius 2 is 2.05 bits per heavy atom. The largest absolute Gasteiger partial charge is 0.465 e. The Morgan fingerprint density at radius 3 is 2.79 bits per heavy atom. The molecule has 1 N–H and O–H groups in total. The number of carbonyl (C=O) groups is 1. The zero-order valence-electron chi connectivity index (χ0n) is 10.3. The summed E-state index contributed by atoms with van der Waals surface area (Å²) >= 11 is 0. The van der Waals surface area contributed by atoms with Gasteiger partial charge in [-0.15, -0.1) is 0 Å². The maximum Gasteiger partial charge on any atom is 0.244 e. The van der Waals surface area contributed by atoms with E-state index in [1.165, 1.54) is 6.08 Å². The number of benzene rings is 1. The lowest BCUT2D eigenvalue weighted by molar-refractivity contribution is -0.116. The Morgan fingerprint density at radius 1 is 1.21 bits per heavy atom. The highest BCUT2D eigenvalue weighted by atomic mass is 16.3. The molecule has 0 aliphatic rings. The lowest BCUT2D eigenvalue weighted by atomic mass is 10.2. The average Bonchev–Trinajstić information content (AvgIpc) is 2.96. The van der Waals surface area contributed by atoms with E-state index in [-0.39, 0.29) is 5.91 Å². The average molecular weight is 251 g/mol. The van der Waals surface area contributed by atoms with Crippen molar-refractivity contribution < 1.29 is 9.21 Å². The summed E-state index contributed by atoms with van der Waals surface area (Å²) in [7, 11) is 0. The van der Waals surface area contributed by atoms with Gasteiger partial charge in [0.05, 0.1) is 12.8 Å². The maximum absolute atomic E-state index is 11.4. The molecule has 1 heterocycles. The number of rotatable bonds is 3. The molecule has 0 aliphatic heterocycles. The molecule has 3 nitrogen and oxygen atoms in total. The van der Waals surface area contributed by atoms with E-state index in [0.717, 1.165) is 5.56 Å². The van der Waals surface area contributed by atoms with Crippen molar-refractivity contribution in [3.05, 3.63) is 66.1 Å². The van der Waals surface area contributed by atoms with Gasteiger partial charge in [-0.05, 0) is 30.3 Å². The van der Waals surface area contributed by atoms with Gasteiger partial charge in [0.25, 0.3) is 0 Å². The van der Waals surface area contributed by atoms with Gasteiger partial charge in [0.1, 0.15) is 5.76 Å². The maximum atomic E-state index is 11.4. The number of carbonyl (C=O) groups excluding carboxylic acids is 1. The molecule has 0 aliphatic carbocycles. The lowest BCUT2D eigenvalue weighted by Crippen LogP contribution is -2.20. The van der Waals surface area contributed by atoms with Gasteiger partial charge in [-0.3, -0.25) is 4.79 Å². The van der Waals surface area contributed by atoms with Crippen LogP contribution in [0.5, 0.6) is 0 Å². The molecule has 0 atom stereocenters. The van der Waals surface area contributed by atoms with E-state index in [9.17, 15) is 4.79 Å². The summed E-state index contributed by atoms with van der Waals surface area (Å²) in [6.07, 6.45) is 4.59. The summed E-state index contributed by atoms with van der Waals surface area (Å²) in [5.74, 6) is 6.30. The number of amides is 1. The first kappa shape index (κ1) is 12.7. The van der Waals surface area contributed by atoms with E-state index >= 15 is 0 Å². The highest BCUT2D eigenvalue weighted by molar-refractivity contribution is 5.91. The second-order valence-electron chi connectivity index (χ2n) is 3.73. The Bertz CT molecular complexity index is 601. The van der Waals surface area contributed by atoms with Crippen LogP contribution in [0.1, 0.15) is 11.3 Å². The van der Waals surface area contributed by atoms with Crippen LogP contribution in [0, 0.1) is 11.8 Å². The number of hydrogen-bond donors (Lipinski definition) is 1. The third kappa shape index (κ3) is 4.57. The van der Waals surface area contributed by atoms with Gasteiger partial charge < -0.3 is 9.73 Å². The van der Waals surface area contributed by atoms with Crippen LogP contribution in [0.4, 0.5) is 0 Å². The van der Waals surface area contributed by atoms with Crippen molar-refractivity contribution in [1.82, 2.24) is 5.32 Å². The fraction of sp³-hybridized carbons (Fsp3) is 0.0625. The van der Waals surface area contributed by atoms with Crippen LogP contribution >= 0.6 is 0 Å². The smallest absolute Gasteiger partial charge is 0.244 e. The van der Waals surface area contributed by atoms with Crippen LogP contribution in [0.2, 0.25) is 0 Å². The second kappa shape index (κ2) is 6.87. The third-order valence-electron chi connectivity index (χ3n) is 2.30. The monoisotopic (exact) mass is 251 g/mol. The third-order valence-corrected chi connectivity index (χ3v) is 2.30. The van der Waals surface area contributed by atoms with Crippen molar-refractivity contribution in [1.29, 1.82) is 0 Å². The number of hydrogen-bond acceptors (Lipinski definition) is 2. The van der Waals surface area contributed by atoms with E-state index in [2.05, 4.69) is 17.2 Å². The van der Waals surface area contributed by atoms with Crippen LogP contribution in [-0.4, -0.2) is 12.5 Å². The molecule has 0 unspecified atom stereocenters. The topological polar surface area (TPSA) is 42.2 Å². The molecule has 0 radical (unpaired) electrons. The summed E-state index contributed by atoms with van der Waals surface area (Å²) in [6, 6.07) is 13.2. The first-order valence-electron chi connectivity index (χ1n) is 5.88. The van der Waals surface area contributed by atoms with E-state index in [1.54, 1.807) is 24.5 Å². The van der Waals surface area contributed by atoms with Crippen molar-refractivity contribution in [2.45, 2.75) is 0 Å². The summed E-state index contributed by atoms with van der Waals surface area (Å²) in [6.45, 7) is 0.316. The molecule has 2 aromatic rings. The lowest BCUT2D eigenvalue weighted by Gasteiger charge is -1.93. The molecule has 3 heteroatoms. The molecule has 0 saturated carbocycles. The van der Waals surface area contributed by atoms with Gasteiger partial charge in [-0.1, -0.05) is 30.0 Å². The molecule has 0 bridgehead atoms. The molecule has 0 fully saturated rings. The predicted octanol–water partition coefficient (Wildman–Crippen LogP) is 2.46. The zero-order chi connectivity index (χ0) is 13.3. The van der Waals surface area contributed by atoms with Gasteiger partial charge in [0.2, 0.25) is 5.91 Å². The molecule has 1 aromatic carbocycles. The molecule has 0 spiro atoms. The van der Waals surface area contributed by atoms with Gasteiger partial charge in [0, 0.05) is 11.6 Å². The van der Waals surface area contributed by atoms with Crippen molar-refractivity contribution >= 4 is 12.0 Å². The highest BCUT2D eigenvalue weighted by Gasteiger charge is 1.93. The Labute approximate surface area is 111 Å². The quantitative estimate of drug-likeness (QED) is 0.672. The molecule has 1 aromatic heterocycles. The second-order valence-corrected chi connectivity index (χ2v) is 3.73. The molecular formula is C16H13NO2. The Hall–Kier alpha value is -2.73. The summed E-state index contributed by atoms with van der Waals surface area (Å²) in [4.78, 5) is 11.4. The minimum Gasteiger partial charge on any atom is -0.465 e. The SMILES string of the molecule is O=C(C=Cc1ccco1)NCC#Cc1ccccc1. The summed E-state index contributed by atoms with van der Waals surface area (Å²) < 4.78 is 5.07. The first-order chi connectivity index (χ1) is 9.34. The summed E-state index contributed by atoms with van der Waals surface area (Å²) in [5.41, 5.74) is 0.933. The van der Waals surface area contributed by atoms with E-state index < -0.39 is 0 Å². The standard InChI is InChI=1S/C16H13NO2/c18-16(11-10-15-9-5-13-19-15)17-12-4-8-14-6-2-1-3-7-14/h1-3,5-7,9-11,13H,12H2,(H,17,18). The van der Waals surface area contributed by atoms with Crippen LogP contribution in [0.25, 0.3) is 6.08 Å². The zero-order valence-corrected chi connectivity index (χ0v) is 10.3. The van der Waals surface area contributed by atoms with Gasteiger partial charge in [0.15, 0.2) is 0 Å². The van der Waals surface area contributed by atoms with Crippen molar-refractivity contribution in [2.24, 2.45) is 0 Å². The van der Waals surface area contributed by atoms with Gasteiger partial charge in [-0.25, -0.2) is 0 Å². The van der Waals surface area contributed by atoms with Crippen LogP contribution < -0.4 is 5.32 Å². The highest BCUT2D eigenvalue weighted by Crippen LogP contribution is 2.01. The fourth-order valence-corrected chi connectivity index (χ4v) is 1.40. The Balaban J connectivity index is 1.77. The minimum atomic E-state index is -0.196. The van der Waals surface area contributed by atoms with Gasteiger partial charge in [-0.2, -0.15) is 0 Å². The van der Waals surface area contributed by atoms with Crippen LogP contribution in [0.3, 0.4) is 0 Å². The van der Waals surface area contributed by atoms with Gasteiger partial charge >= 0.3 is 0 Å². The van der Waals surface area contributed by atoms with E-state index in [1.807, 2.05) is 30.3 Å². The Kier molecular flexibility index (Phi) is 4.60. The minimum absolute atomic E-state index is 0.196.